The molecule has 2 aromatic rings. The number of carbonyl (C=O) groups is 1. The zero-order valence-electron chi connectivity index (χ0n) is 12.0. The summed E-state index contributed by atoms with van der Waals surface area (Å²) in [6, 6.07) is 13.5. The highest BCUT2D eigenvalue weighted by atomic mass is 32.2. The molecule has 0 heterocycles. The number of rotatable bonds is 4. The molecule has 0 atom stereocenters. The van der Waals surface area contributed by atoms with E-state index in [1.165, 1.54) is 12.1 Å². The van der Waals surface area contributed by atoms with E-state index in [4.69, 9.17) is 0 Å². The van der Waals surface area contributed by atoms with E-state index < -0.39 is 9.84 Å². The molecule has 0 spiro atoms. The van der Waals surface area contributed by atoms with Crippen molar-refractivity contribution in [2.75, 3.05) is 11.6 Å². The van der Waals surface area contributed by atoms with E-state index in [1.807, 2.05) is 19.1 Å². The molecule has 0 radical (unpaired) electrons. The van der Waals surface area contributed by atoms with Gasteiger partial charge < -0.3 is 5.32 Å². The van der Waals surface area contributed by atoms with Crippen molar-refractivity contribution in [3.8, 4) is 0 Å². The highest BCUT2D eigenvalue weighted by Crippen LogP contribution is 2.16. The van der Waals surface area contributed by atoms with Gasteiger partial charge in [0.05, 0.1) is 4.90 Å². The van der Waals surface area contributed by atoms with Crippen molar-refractivity contribution < 1.29 is 13.2 Å². The van der Waals surface area contributed by atoms with Gasteiger partial charge in [0, 0.05) is 17.5 Å². The number of nitrogens with one attached hydrogen (secondary N) is 1. The van der Waals surface area contributed by atoms with Crippen LogP contribution in [0.3, 0.4) is 0 Å². The summed E-state index contributed by atoms with van der Waals surface area (Å²) in [5, 5.41) is 2.70. The molecule has 110 valence electrons. The monoisotopic (exact) mass is 303 g/mol. The van der Waals surface area contributed by atoms with Gasteiger partial charge in [-0.15, -0.1) is 0 Å². The Hall–Kier alpha value is -2.14. The Morgan fingerprint density at radius 3 is 2.33 bits per heavy atom. The maximum atomic E-state index is 12.1. The van der Waals surface area contributed by atoms with Gasteiger partial charge in [0.2, 0.25) is 0 Å². The number of amides is 1. The fraction of sp³-hybridized carbons (Fsp3) is 0.188. The third-order valence-electron chi connectivity index (χ3n) is 3.14. The van der Waals surface area contributed by atoms with Gasteiger partial charge in [0.1, 0.15) is 0 Å². The molecule has 5 heteroatoms. The molecule has 1 amide bonds. The Balaban J connectivity index is 2.19. The summed E-state index contributed by atoms with van der Waals surface area (Å²) in [4.78, 5) is 12.3. The van der Waals surface area contributed by atoms with Crippen molar-refractivity contribution in [2.24, 2.45) is 0 Å². The zero-order valence-corrected chi connectivity index (χ0v) is 12.8. The van der Waals surface area contributed by atoms with Crippen LogP contribution in [0.25, 0.3) is 0 Å². The Morgan fingerprint density at radius 2 is 1.76 bits per heavy atom. The molecule has 21 heavy (non-hydrogen) atoms. The SMILES string of the molecule is CCc1ccc(C(=O)Nc2cccc(S(C)(=O)=O)c2)cc1. The van der Waals surface area contributed by atoms with Crippen molar-refractivity contribution in [1.82, 2.24) is 0 Å². The van der Waals surface area contributed by atoms with E-state index >= 15 is 0 Å². The molecule has 2 rings (SSSR count). The van der Waals surface area contributed by atoms with Gasteiger partial charge in [0.25, 0.3) is 5.91 Å². The van der Waals surface area contributed by atoms with E-state index in [0.29, 0.717) is 11.3 Å². The summed E-state index contributed by atoms with van der Waals surface area (Å²) >= 11 is 0. The van der Waals surface area contributed by atoms with Crippen molar-refractivity contribution in [3.05, 3.63) is 59.7 Å². The summed E-state index contributed by atoms with van der Waals surface area (Å²) in [6.45, 7) is 2.05. The first-order valence-electron chi connectivity index (χ1n) is 6.60. The summed E-state index contributed by atoms with van der Waals surface area (Å²) in [5.41, 5.74) is 2.16. The van der Waals surface area contributed by atoms with Crippen LogP contribution in [0.2, 0.25) is 0 Å². The molecule has 2 aromatic carbocycles. The predicted molar refractivity (Wildman–Crippen MR) is 83.3 cm³/mol. The van der Waals surface area contributed by atoms with E-state index in [1.54, 1.807) is 24.3 Å². The maximum absolute atomic E-state index is 12.1. The highest BCUT2D eigenvalue weighted by Gasteiger charge is 2.10. The quantitative estimate of drug-likeness (QED) is 0.944. The second kappa shape index (κ2) is 6.10. The molecule has 4 nitrogen and oxygen atoms in total. The molecule has 0 fully saturated rings. The Kier molecular flexibility index (Phi) is 4.43. The number of hydrogen-bond donors (Lipinski definition) is 1. The standard InChI is InChI=1S/C16H17NO3S/c1-3-12-7-9-13(10-8-12)16(18)17-14-5-4-6-15(11-14)21(2,19)20/h4-11H,3H2,1-2H3,(H,17,18). The van der Waals surface area contributed by atoms with Crippen molar-refractivity contribution in [1.29, 1.82) is 0 Å². The first kappa shape index (κ1) is 15.3. The van der Waals surface area contributed by atoms with Crippen LogP contribution < -0.4 is 5.32 Å². The van der Waals surface area contributed by atoms with Crippen LogP contribution in [0.1, 0.15) is 22.8 Å². The van der Waals surface area contributed by atoms with Gasteiger partial charge >= 0.3 is 0 Å². The number of carbonyl (C=O) groups excluding carboxylic acids is 1. The maximum Gasteiger partial charge on any atom is 0.255 e. The van der Waals surface area contributed by atoms with Crippen molar-refractivity contribution in [3.63, 3.8) is 0 Å². The summed E-state index contributed by atoms with van der Waals surface area (Å²) in [6.07, 6.45) is 2.05. The average Bonchev–Trinajstić information content (AvgIpc) is 2.47. The van der Waals surface area contributed by atoms with Crippen LogP contribution in [0.15, 0.2) is 53.4 Å². The molecule has 0 aliphatic rings. The first-order chi connectivity index (χ1) is 9.90. The highest BCUT2D eigenvalue weighted by molar-refractivity contribution is 7.90. The average molecular weight is 303 g/mol. The lowest BCUT2D eigenvalue weighted by molar-refractivity contribution is 0.102. The number of hydrogen-bond acceptors (Lipinski definition) is 3. The minimum atomic E-state index is -3.29. The normalized spacial score (nSPS) is 11.1. The first-order valence-corrected chi connectivity index (χ1v) is 8.49. The van der Waals surface area contributed by atoms with Crippen molar-refractivity contribution >= 4 is 21.4 Å². The Labute approximate surface area is 124 Å². The molecular weight excluding hydrogens is 286 g/mol. The van der Waals surface area contributed by atoms with Crippen LogP contribution in [0.4, 0.5) is 5.69 Å². The molecule has 0 saturated carbocycles. The van der Waals surface area contributed by atoms with Crippen LogP contribution in [0.5, 0.6) is 0 Å². The van der Waals surface area contributed by atoms with Crippen LogP contribution >= 0.6 is 0 Å². The van der Waals surface area contributed by atoms with Gasteiger partial charge in [0.15, 0.2) is 9.84 Å². The smallest absolute Gasteiger partial charge is 0.255 e. The van der Waals surface area contributed by atoms with Crippen molar-refractivity contribution in [2.45, 2.75) is 18.2 Å². The lowest BCUT2D eigenvalue weighted by Gasteiger charge is -2.07. The molecule has 0 unspecified atom stereocenters. The second-order valence-electron chi connectivity index (χ2n) is 4.80. The third kappa shape index (κ3) is 3.92. The van der Waals surface area contributed by atoms with E-state index in [0.717, 1.165) is 18.2 Å². The van der Waals surface area contributed by atoms with E-state index in [9.17, 15) is 13.2 Å². The van der Waals surface area contributed by atoms with Crippen LogP contribution in [0, 0.1) is 0 Å². The van der Waals surface area contributed by atoms with E-state index in [2.05, 4.69) is 5.32 Å². The number of sulfone groups is 1. The van der Waals surface area contributed by atoms with Crippen LogP contribution in [-0.4, -0.2) is 20.6 Å². The minimum absolute atomic E-state index is 0.182. The summed E-state index contributed by atoms with van der Waals surface area (Å²) in [7, 11) is -3.29. The second-order valence-corrected chi connectivity index (χ2v) is 6.82. The molecule has 0 aliphatic carbocycles. The lowest BCUT2D eigenvalue weighted by Crippen LogP contribution is -2.12. The fourth-order valence-corrected chi connectivity index (χ4v) is 2.57. The molecule has 1 N–H and O–H groups in total. The summed E-state index contributed by atoms with van der Waals surface area (Å²) in [5.74, 6) is -0.261. The molecule has 0 aliphatic heterocycles. The van der Waals surface area contributed by atoms with Gasteiger partial charge in [-0.25, -0.2) is 8.42 Å². The Morgan fingerprint density at radius 1 is 1.10 bits per heavy atom. The minimum Gasteiger partial charge on any atom is -0.322 e. The topological polar surface area (TPSA) is 63.2 Å². The fourth-order valence-electron chi connectivity index (χ4n) is 1.90. The zero-order chi connectivity index (χ0) is 15.5. The van der Waals surface area contributed by atoms with Gasteiger partial charge in [-0.2, -0.15) is 0 Å². The number of benzene rings is 2. The molecule has 0 aromatic heterocycles. The number of aryl methyl sites for hydroxylation is 1. The largest absolute Gasteiger partial charge is 0.322 e. The van der Waals surface area contributed by atoms with E-state index in [-0.39, 0.29) is 10.8 Å². The number of anilines is 1. The van der Waals surface area contributed by atoms with Gasteiger partial charge in [-0.05, 0) is 42.3 Å². The third-order valence-corrected chi connectivity index (χ3v) is 4.25. The van der Waals surface area contributed by atoms with Gasteiger partial charge in [-0.3, -0.25) is 4.79 Å². The summed E-state index contributed by atoms with van der Waals surface area (Å²) < 4.78 is 23.0. The van der Waals surface area contributed by atoms with Crippen LogP contribution in [-0.2, 0) is 16.3 Å². The molecular formula is C16H17NO3S. The molecule has 0 bridgehead atoms. The Bertz CT molecular complexity index is 749. The van der Waals surface area contributed by atoms with Gasteiger partial charge in [-0.1, -0.05) is 25.1 Å². The lowest BCUT2D eigenvalue weighted by atomic mass is 10.1. The predicted octanol–water partition coefficient (Wildman–Crippen LogP) is 2.90. The molecule has 0 saturated heterocycles.